The molecule has 2 rings (SSSR count). The smallest absolute Gasteiger partial charge is 0.338 e. The Kier molecular flexibility index (Phi) is 11.8. The Morgan fingerprint density at radius 3 is 1.50 bits per heavy atom. The van der Waals surface area contributed by atoms with Crippen molar-refractivity contribution in [3.05, 3.63) is 90.0 Å². The van der Waals surface area contributed by atoms with Crippen LogP contribution in [0.5, 0.6) is 5.75 Å². The zero-order valence-corrected chi connectivity index (χ0v) is 22.7. The van der Waals surface area contributed by atoms with Gasteiger partial charge in [-0.05, 0) is 67.8 Å². The standard InChI is InChI=1S/C30H32O10/c1-18(2)26(31)36-11-13-38-29(34)23-15-22(21-7-9-25(10-8-21)40-28(33)20(5)6)16-24(17-23)30(35)39-14-12-37-27(32)19(3)4/h7-10,15-17,28,33H,1,3,5,11-14H2,2,4,6H3. The van der Waals surface area contributed by atoms with E-state index in [1.54, 1.807) is 31.2 Å². The molecule has 0 radical (unpaired) electrons. The molecule has 0 aliphatic heterocycles. The highest BCUT2D eigenvalue weighted by molar-refractivity contribution is 5.97. The zero-order valence-electron chi connectivity index (χ0n) is 22.7. The first-order chi connectivity index (χ1) is 18.9. The van der Waals surface area contributed by atoms with Crippen LogP contribution in [0.1, 0.15) is 41.5 Å². The lowest BCUT2D eigenvalue weighted by Gasteiger charge is -2.14. The Bertz CT molecular complexity index is 1230. The Balaban J connectivity index is 2.23. The van der Waals surface area contributed by atoms with Crippen molar-refractivity contribution in [2.24, 2.45) is 0 Å². The molecule has 1 atom stereocenters. The van der Waals surface area contributed by atoms with Gasteiger partial charge in [0.05, 0.1) is 11.1 Å². The summed E-state index contributed by atoms with van der Waals surface area (Å²) < 4.78 is 25.6. The monoisotopic (exact) mass is 552 g/mol. The van der Waals surface area contributed by atoms with Crippen molar-refractivity contribution in [3.63, 3.8) is 0 Å². The molecule has 0 amide bonds. The van der Waals surface area contributed by atoms with Crippen molar-refractivity contribution in [2.75, 3.05) is 26.4 Å². The lowest BCUT2D eigenvalue weighted by Crippen LogP contribution is -2.16. The van der Waals surface area contributed by atoms with Gasteiger partial charge in [0.1, 0.15) is 32.2 Å². The molecule has 1 N–H and O–H groups in total. The van der Waals surface area contributed by atoms with Gasteiger partial charge in [0.15, 0.2) is 0 Å². The summed E-state index contributed by atoms with van der Waals surface area (Å²) in [5, 5.41) is 9.87. The van der Waals surface area contributed by atoms with E-state index in [1.165, 1.54) is 32.0 Å². The van der Waals surface area contributed by atoms with Crippen LogP contribution in [0.15, 0.2) is 78.9 Å². The van der Waals surface area contributed by atoms with Gasteiger partial charge < -0.3 is 28.8 Å². The quantitative estimate of drug-likeness (QED) is 0.0908. The molecule has 2 aromatic carbocycles. The SMILES string of the molecule is C=C(C)C(=O)OCCOC(=O)c1cc(C(=O)OCCOC(=O)C(=C)C)cc(-c2ccc(OC(O)C(=C)C)cc2)c1. The predicted molar refractivity (Wildman–Crippen MR) is 145 cm³/mol. The van der Waals surface area contributed by atoms with Gasteiger partial charge in [0.2, 0.25) is 6.29 Å². The number of rotatable bonds is 14. The normalized spacial score (nSPS) is 11.0. The second-order valence-corrected chi connectivity index (χ2v) is 8.74. The Labute approximate surface area is 232 Å². The Morgan fingerprint density at radius 1 is 0.675 bits per heavy atom. The molecule has 212 valence electrons. The second-order valence-electron chi connectivity index (χ2n) is 8.74. The van der Waals surface area contributed by atoms with Crippen molar-refractivity contribution in [2.45, 2.75) is 27.1 Å². The third kappa shape index (κ3) is 9.88. The fourth-order valence-electron chi connectivity index (χ4n) is 2.94. The van der Waals surface area contributed by atoms with Crippen LogP contribution >= 0.6 is 0 Å². The van der Waals surface area contributed by atoms with Crippen LogP contribution in [-0.2, 0) is 28.5 Å². The maximum absolute atomic E-state index is 12.8. The van der Waals surface area contributed by atoms with Crippen LogP contribution in [0, 0.1) is 0 Å². The van der Waals surface area contributed by atoms with Crippen LogP contribution in [-0.4, -0.2) is 61.7 Å². The van der Waals surface area contributed by atoms with E-state index in [0.717, 1.165) is 0 Å². The summed E-state index contributed by atoms with van der Waals surface area (Å²) in [6.07, 6.45) is -1.17. The highest BCUT2D eigenvalue weighted by Crippen LogP contribution is 2.26. The van der Waals surface area contributed by atoms with Gasteiger partial charge in [-0.25, -0.2) is 19.2 Å². The van der Waals surface area contributed by atoms with E-state index in [1.807, 2.05) is 0 Å². The third-order valence-corrected chi connectivity index (χ3v) is 5.06. The minimum atomic E-state index is -1.17. The number of benzene rings is 2. The first-order valence-corrected chi connectivity index (χ1v) is 12.1. The highest BCUT2D eigenvalue weighted by atomic mass is 16.6. The van der Waals surface area contributed by atoms with Crippen LogP contribution in [0.25, 0.3) is 11.1 Å². The number of esters is 4. The van der Waals surface area contributed by atoms with Gasteiger partial charge in [-0.3, -0.25) is 0 Å². The van der Waals surface area contributed by atoms with E-state index in [0.29, 0.717) is 22.4 Å². The Hall–Kier alpha value is -4.70. The number of aliphatic hydroxyl groups excluding tert-OH is 1. The largest absolute Gasteiger partial charge is 0.461 e. The van der Waals surface area contributed by atoms with E-state index in [-0.39, 0.29) is 48.7 Å². The van der Waals surface area contributed by atoms with E-state index < -0.39 is 30.2 Å². The van der Waals surface area contributed by atoms with E-state index in [4.69, 9.17) is 23.7 Å². The molecule has 40 heavy (non-hydrogen) atoms. The van der Waals surface area contributed by atoms with Gasteiger partial charge in [-0.15, -0.1) is 0 Å². The third-order valence-electron chi connectivity index (χ3n) is 5.06. The van der Waals surface area contributed by atoms with Gasteiger partial charge >= 0.3 is 23.9 Å². The summed E-state index contributed by atoms with van der Waals surface area (Å²) in [6, 6.07) is 10.9. The molecule has 0 heterocycles. The van der Waals surface area contributed by atoms with E-state index in [9.17, 15) is 24.3 Å². The van der Waals surface area contributed by atoms with Crippen LogP contribution in [0.2, 0.25) is 0 Å². The minimum Gasteiger partial charge on any atom is -0.461 e. The summed E-state index contributed by atoms with van der Waals surface area (Å²) in [5.74, 6) is -2.37. The first-order valence-electron chi connectivity index (χ1n) is 12.1. The van der Waals surface area contributed by atoms with E-state index >= 15 is 0 Å². The van der Waals surface area contributed by atoms with E-state index in [2.05, 4.69) is 19.7 Å². The van der Waals surface area contributed by atoms with Gasteiger partial charge in [-0.2, -0.15) is 0 Å². The average molecular weight is 553 g/mol. The maximum atomic E-state index is 12.8. The number of hydrogen-bond acceptors (Lipinski definition) is 10. The zero-order chi connectivity index (χ0) is 29.8. The number of ether oxygens (including phenoxy) is 5. The summed E-state index contributed by atoms with van der Waals surface area (Å²) in [6.45, 7) is 14.4. The van der Waals surface area contributed by atoms with Crippen LogP contribution in [0.4, 0.5) is 0 Å². The molecule has 10 heteroatoms. The van der Waals surface area contributed by atoms with Crippen LogP contribution < -0.4 is 4.74 Å². The molecular formula is C30H32O10. The fourth-order valence-corrected chi connectivity index (χ4v) is 2.94. The molecule has 1 unspecified atom stereocenters. The molecule has 0 aliphatic carbocycles. The summed E-state index contributed by atoms with van der Waals surface area (Å²) in [4.78, 5) is 48.5. The number of carbonyl (C=O) groups is 4. The molecule has 2 aromatic rings. The molecule has 10 nitrogen and oxygen atoms in total. The number of carbonyl (C=O) groups excluding carboxylic acids is 4. The summed E-state index contributed by atoms with van der Waals surface area (Å²) in [7, 11) is 0. The van der Waals surface area contributed by atoms with Crippen molar-refractivity contribution in [1.29, 1.82) is 0 Å². The van der Waals surface area contributed by atoms with Gasteiger partial charge in [-0.1, -0.05) is 31.9 Å². The van der Waals surface area contributed by atoms with Crippen molar-refractivity contribution >= 4 is 23.9 Å². The molecule has 0 aromatic heterocycles. The summed E-state index contributed by atoms with van der Waals surface area (Å²) >= 11 is 0. The van der Waals surface area contributed by atoms with Crippen LogP contribution in [0.3, 0.4) is 0 Å². The maximum Gasteiger partial charge on any atom is 0.338 e. The predicted octanol–water partition coefficient (Wildman–Crippen LogP) is 4.18. The number of hydrogen-bond donors (Lipinski definition) is 1. The molecule has 0 saturated heterocycles. The molecule has 0 bridgehead atoms. The molecule has 0 fully saturated rings. The van der Waals surface area contributed by atoms with Gasteiger partial charge in [0, 0.05) is 11.1 Å². The lowest BCUT2D eigenvalue weighted by atomic mass is 9.99. The van der Waals surface area contributed by atoms with Gasteiger partial charge in [0.25, 0.3) is 0 Å². The average Bonchev–Trinajstić information content (AvgIpc) is 2.92. The minimum absolute atomic E-state index is 0.0439. The fraction of sp³-hybridized carbons (Fsp3) is 0.267. The molecule has 0 spiro atoms. The molecule has 0 saturated carbocycles. The molecule has 0 aliphatic rings. The Morgan fingerprint density at radius 2 is 1.10 bits per heavy atom. The number of aliphatic hydroxyl groups is 1. The second kappa shape index (κ2) is 15.0. The topological polar surface area (TPSA) is 135 Å². The van der Waals surface area contributed by atoms with Crippen molar-refractivity contribution in [3.8, 4) is 16.9 Å². The summed E-state index contributed by atoms with van der Waals surface area (Å²) in [5.41, 5.74) is 2.04. The highest BCUT2D eigenvalue weighted by Gasteiger charge is 2.17. The van der Waals surface area contributed by atoms with Crippen molar-refractivity contribution < 1.29 is 48.0 Å². The van der Waals surface area contributed by atoms with Crippen molar-refractivity contribution in [1.82, 2.24) is 0 Å². The first kappa shape index (κ1) is 31.5. The lowest BCUT2D eigenvalue weighted by molar-refractivity contribution is -0.140. The molecular weight excluding hydrogens is 520 g/mol.